The second-order valence-electron chi connectivity index (χ2n) is 4.92. The minimum Gasteiger partial charge on any atom is -0.348 e. The van der Waals surface area contributed by atoms with Crippen LogP contribution < -0.4 is 10.6 Å². The Hall–Kier alpha value is -2.80. The van der Waals surface area contributed by atoms with Crippen molar-refractivity contribution in [2.45, 2.75) is 13.5 Å². The van der Waals surface area contributed by atoms with E-state index in [-0.39, 0.29) is 11.8 Å². The van der Waals surface area contributed by atoms with Crippen molar-refractivity contribution in [3.8, 4) is 0 Å². The molecule has 3 aromatic rings. The van der Waals surface area contributed by atoms with Crippen molar-refractivity contribution in [1.82, 2.24) is 15.3 Å². The van der Waals surface area contributed by atoms with E-state index >= 15 is 0 Å². The average Bonchev–Trinajstić information content (AvgIpc) is 2.94. The second-order valence-corrected chi connectivity index (χ2v) is 5.95. The summed E-state index contributed by atoms with van der Waals surface area (Å²) in [6.07, 6.45) is 3.38. The van der Waals surface area contributed by atoms with E-state index in [9.17, 15) is 9.59 Å². The fraction of sp³-hybridized carbons (Fsp3) is 0.125. The third kappa shape index (κ3) is 3.70. The standard InChI is InChI=1S/C16H14N4O2S/c1-10(21)19-16-20-13-3-2-12(8-14(13)23-16)15(22)18-9-11-4-6-17-7-5-11/h2-8H,9H2,1H3,(H,18,22)(H,19,20,21). The minimum absolute atomic E-state index is 0.154. The Bertz CT molecular complexity index is 861. The van der Waals surface area contributed by atoms with E-state index in [1.165, 1.54) is 18.3 Å². The van der Waals surface area contributed by atoms with Crippen LogP contribution in [0.3, 0.4) is 0 Å². The van der Waals surface area contributed by atoms with Gasteiger partial charge in [0.15, 0.2) is 5.13 Å². The van der Waals surface area contributed by atoms with Crippen LogP contribution in [0.2, 0.25) is 0 Å². The highest BCUT2D eigenvalue weighted by molar-refractivity contribution is 7.22. The maximum atomic E-state index is 12.2. The van der Waals surface area contributed by atoms with E-state index in [2.05, 4.69) is 20.6 Å². The number of hydrogen-bond donors (Lipinski definition) is 2. The molecule has 23 heavy (non-hydrogen) atoms. The zero-order valence-corrected chi connectivity index (χ0v) is 13.2. The molecule has 0 bridgehead atoms. The van der Waals surface area contributed by atoms with Crippen molar-refractivity contribution in [2.24, 2.45) is 0 Å². The number of nitrogens with zero attached hydrogens (tertiary/aromatic N) is 2. The van der Waals surface area contributed by atoms with E-state index in [0.717, 1.165) is 15.8 Å². The number of thiazole rings is 1. The first-order valence-corrected chi connectivity index (χ1v) is 7.79. The van der Waals surface area contributed by atoms with Gasteiger partial charge in [0.05, 0.1) is 10.2 Å². The van der Waals surface area contributed by atoms with Gasteiger partial charge in [-0.1, -0.05) is 11.3 Å². The molecule has 1 aromatic carbocycles. The van der Waals surface area contributed by atoms with Crippen LogP contribution in [0.15, 0.2) is 42.7 Å². The average molecular weight is 326 g/mol. The molecule has 0 fully saturated rings. The highest BCUT2D eigenvalue weighted by atomic mass is 32.1. The molecule has 0 unspecified atom stereocenters. The lowest BCUT2D eigenvalue weighted by Gasteiger charge is -2.05. The molecule has 2 N–H and O–H groups in total. The summed E-state index contributed by atoms with van der Waals surface area (Å²) in [5.41, 5.74) is 2.30. The van der Waals surface area contributed by atoms with Gasteiger partial charge < -0.3 is 10.6 Å². The first kappa shape index (κ1) is 15.1. The number of rotatable bonds is 4. The molecule has 0 spiro atoms. The molecular formula is C16H14N4O2S. The summed E-state index contributed by atoms with van der Waals surface area (Å²) in [5.74, 6) is -0.322. The van der Waals surface area contributed by atoms with Crippen LogP contribution in [0.4, 0.5) is 5.13 Å². The van der Waals surface area contributed by atoms with Crippen molar-refractivity contribution in [2.75, 3.05) is 5.32 Å². The summed E-state index contributed by atoms with van der Waals surface area (Å²) < 4.78 is 0.852. The number of fused-ring (bicyclic) bond motifs is 1. The number of pyridine rings is 1. The predicted molar refractivity (Wildman–Crippen MR) is 89.3 cm³/mol. The third-order valence-corrected chi connectivity index (χ3v) is 4.07. The molecule has 2 amide bonds. The Morgan fingerprint density at radius 2 is 1.96 bits per heavy atom. The molecule has 2 aromatic heterocycles. The van der Waals surface area contributed by atoms with Gasteiger partial charge in [-0.3, -0.25) is 14.6 Å². The van der Waals surface area contributed by atoms with Crippen LogP contribution in [0.5, 0.6) is 0 Å². The van der Waals surface area contributed by atoms with Crippen LogP contribution >= 0.6 is 11.3 Å². The largest absolute Gasteiger partial charge is 0.348 e. The van der Waals surface area contributed by atoms with Gasteiger partial charge in [0.25, 0.3) is 5.91 Å². The van der Waals surface area contributed by atoms with Gasteiger partial charge in [0, 0.05) is 31.4 Å². The van der Waals surface area contributed by atoms with E-state index in [1.54, 1.807) is 30.6 Å². The maximum Gasteiger partial charge on any atom is 0.251 e. The Morgan fingerprint density at radius 3 is 2.70 bits per heavy atom. The fourth-order valence-electron chi connectivity index (χ4n) is 2.05. The predicted octanol–water partition coefficient (Wildman–Crippen LogP) is 2.58. The van der Waals surface area contributed by atoms with Crippen molar-refractivity contribution >= 4 is 38.5 Å². The SMILES string of the molecule is CC(=O)Nc1nc2ccc(C(=O)NCc3ccncc3)cc2s1. The summed E-state index contributed by atoms with van der Waals surface area (Å²) in [5, 5.41) is 6.05. The summed E-state index contributed by atoms with van der Waals surface area (Å²) in [7, 11) is 0. The normalized spacial score (nSPS) is 10.5. The molecular weight excluding hydrogens is 312 g/mol. The lowest BCUT2D eigenvalue weighted by Crippen LogP contribution is -2.22. The number of aromatic nitrogens is 2. The Labute approximate surface area is 136 Å². The quantitative estimate of drug-likeness (QED) is 0.772. The summed E-state index contributed by atoms with van der Waals surface area (Å²) >= 11 is 1.34. The zero-order chi connectivity index (χ0) is 16.2. The number of hydrogen-bond acceptors (Lipinski definition) is 5. The number of nitrogens with one attached hydrogen (secondary N) is 2. The lowest BCUT2D eigenvalue weighted by molar-refractivity contribution is -0.114. The Kier molecular flexibility index (Phi) is 4.29. The van der Waals surface area contributed by atoms with Gasteiger partial charge in [-0.05, 0) is 35.9 Å². The van der Waals surface area contributed by atoms with Crippen molar-refractivity contribution in [1.29, 1.82) is 0 Å². The lowest BCUT2D eigenvalue weighted by atomic mass is 10.2. The molecule has 6 nitrogen and oxygen atoms in total. The molecule has 0 atom stereocenters. The fourth-order valence-corrected chi connectivity index (χ4v) is 3.01. The first-order valence-electron chi connectivity index (χ1n) is 6.97. The molecule has 3 rings (SSSR count). The van der Waals surface area contributed by atoms with Crippen molar-refractivity contribution in [3.05, 3.63) is 53.9 Å². The molecule has 7 heteroatoms. The number of benzene rings is 1. The molecule has 0 aliphatic heterocycles. The number of carbonyl (C=O) groups excluding carboxylic acids is 2. The number of carbonyl (C=O) groups is 2. The van der Waals surface area contributed by atoms with Crippen molar-refractivity contribution < 1.29 is 9.59 Å². The van der Waals surface area contributed by atoms with Crippen LogP contribution in [0.25, 0.3) is 10.2 Å². The maximum absolute atomic E-state index is 12.2. The second kappa shape index (κ2) is 6.53. The highest BCUT2D eigenvalue weighted by Crippen LogP contribution is 2.26. The smallest absolute Gasteiger partial charge is 0.251 e. The van der Waals surface area contributed by atoms with Gasteiger partial charge in [0.2, 0.25) is 5.91 Å². The van der Waals surface area contributed by atoms with Gasteiger partial charge in [-0.15, -0.1) is 0 Å². The number of anilines is 1. The van der Waals surface area contributed by atoms with Crippen LogP contribution in [-0.4, -0.2) is 21.8 Å². The first-order chi connectivity index (χ1) is 11.1. The molecule has 2 heterocycles. The van der Waals surface area contributed by atoms with Crippen LogP contribution in [0.1, 0.15) is 22.8 Å². The number of amides is 2. The molecule has 0 aliphatic rings. The summed E-state index contributed by atoms with van der Waals surface area (Å²) in [4.78, 5) is 31.5. The Morgan fingerprint density at radius 1 is 1.17 bits per heavy atom. The minimum atomic E-state index is -0.167. The molecule has 0 saturated heterocycles. The Balaban J connectivity index is 1.74. The molecule has 0 saturated carbocycles. The van der Waals surface area contributed by atoms with Gasteiger partial charge in [-0.2, -0.15) is 0 Å². The monoisotopic (exact) mass is 326 g/mol. The van der Waals surface area contributed by atoms with E-state index < -0.39 is 0 Å². The van der Waals surface area contributed by atoms with Gasteiger partial charge in [0.1, 0.15) is 0 Å². The topological polar surface area (TPSA) is 84.0 Å². The molecule has 0 aliphatic carbocycles. The van der Waals surface area contributed by atoms with Gasteiger partial charge in [-0.25, -0.2) is 4.98 Å². The van der Waals surface area contributed by atoms with Gasteiger partial charge >= 0.3 is 0 Å². The zero-order valence-electron chi connectivity index (χ0n) is 12.4. The van der Waals surface area contributed by atoms with E-state index in [4.69, 9.17) is 0 Å². The summed E-state index contributed by atoms with van der Waals surface area (Å²) in [6.45, 7) is 1.88. The molecule has 0 radical (unpaired) electrons. The highest BCUT2D eigenvalue weighted by Gasteiger charge is 2.10. The van der Waals surface area contributed by atoms with Crippen LogP contribution in [-0.2, 0) is 11.3 Å². The molecule has 116 valence electrons. The van der Waals surface area contributed by atoms with Crippen molar-refractivity contribution in [3.63, 3.8) is 0 Å². The van der Waals surface area contributed by atoms with E-state index in [1.807, 2.05) is 12.1 Å². The summed E-state index contributed by atoms with van der Waals surface area (Å²) in [6, 6.07) is 8.99. The van der Waals surface area contributed by atoms with E-state index in [0.29, 0.717) is 17.2 Å². The third-order valence-electron chi connectivity index (χ3n) is 3.14. The van der Waals surface area contributed by atoms with Crippen LogP contribution in [0, 0.1) is 0 Å².